The summed E-state index contributed by atoms with van der Waals surface area (Å²) < 4.78 is 0. The first-order valence-electron chi connectivity index (χ1n) is 4.71. The Labute approximate surface area is 85.4 Å². The van der Waals surface area contributed by atoms with Gasteiger partial charge in [-0.2, -0.15) is 5.26 Å². The van der Waals surface area contributed by atoms with Gasteiger partial charge in [0.1, 0.15) is 0 Å². The summed E-state index contributed by atoms with van der Waals surface area (Å²) in [6, 6.07) is 9.58. The highest BCUT2D eigenvalue weighted by Gasteiger charge is 2.23. The molecule has 1 aromatic rings. The average molecular weight is 188 g/mol. The summed E-state index contributed by atoms with van der Waals surface area (Å²) >= 11 is 0. The van der Waals surface area contributed by atoms with E-state index in [0.29, 0.717) is 5.56 Å². The topological polar surface area (TPSA) is 49.8 Å². The molecule has 14 heavy (non-hydrogen) atoms. The molecule has 0 aliphatic carbocycles. The van der Waals surface area contributed by atoms with Crippen LogP contribution in [0.15, 0.2) is 24.3 Å². The zero-order valence-corrected chi connectivity index (χ0v) is 8.91. The highest BCUT2D eigenvalue weighted by molar-refractivity contribution is 5.39. The molecule has 74 valence electrons. The maximum atomic E-state index is 8.93. The van der Waals surface area contributed by atoms with Gasteiger partial charge in [0, 0.05) is 6.04 Å². The Hall–Kier alpha value is -1.33. The van der Waals surface area contributed by atoms with Crippen LogP contribution in [-0.4, -0.2) is 0 Å². The fourth-order valence-electron chi connectivity index (χ4n) is 1.34. The fourth-order valence-corrected chi connectivity index (χ4v) is 1.34. The van der Waals surface area contributed by atoms with E-state index in [1.807, 2.05) is 18.2 Å². The Bertz CT molecular complexity index is 355. The number of nitriles is 1. The van der Waals surface area contributed by atoms with Crippen molar-refractivity contribution < 1.29 is 0 Å². The van der Waals surface area contributed by atoms with E-state index < -0.39 is 0 Å². The van der Waals surface area contributed by atoms with E-state index in [2.05, 4.69) is 26.8 Å². The molecule has 0 unspecified atom stereocenters. The first-order valence-corrected chi connectivity index (χ1v) is 4.71. The SMILES string of the molecule is CC(C)(C)[C@H](N)c1ccccc1C#N. The van der Waals surface area contributed by atoms with Gasteiger partial charge in [-0.25, -0.2) is 0 Å². The minimum Gasteiger partial charge on any atom is -0.323 e. The zero-order valence-electron chi connectivity index (χ0n) is 8.91. The lowest BCUT2D eigenvalue weighted by molar-refractivity contribution is 0.326. The molecule has 0 radical (unpaired) electrons. The Morgan fingerprint density at radius 2 is 1.86 bits per heavy atom. The quantitative estimate of drug-likeness (QED) is 0.736. The molecule has 0 spiro atoms. The molecule has 0 aliphatic rings. The molecule has 0 bridgehead atoms. The van der Waals surface area contributed by atoms with Crippen molar-refractivity contribution in [1.29, 1.82) is 5.26 Å². The van der Waals surface area contributed by atoms with Crippen molar-refractivity contribution in [2.24, 2.45) is 11.1 Å². The van der Waals surface area contributed by atoms with E-state index in [1.54, 1.807) is 6.07 Å². The maximum Gasteiger partial charge on any atom is 0.0995 e. The number of rotatable bonds is 1. The Morgan fingerprint density at radius 1 is 1.29 bits per heavy atom. The largest absolute Gasteiger partial charge is 0.323 e. The van der Waals surface area contributed by atoms with Gasteiger partial charge in [-0.15, -0.1) is 0 Å². The third kappa shape index (κ3) is 2.12. The maximum absolute atomic E-state index is 8.93. The molecule has 2 nitrogen and oxygen atoms in total. The number of nitrogens with zero attached hydrogens (tertiary/aromatic N) is 1. The van der Waals surface area contributed by atoms with E-state index in [4.69, 9.17) is 11.0 Å². The van der Waals surface area contributed by atoms with Crippen LogP contribution >= 0.6 is 0 Å². The van der Waals surface area contributed by atoms with Gasteiger partial charge in [0.15, 0.2) is 0 Å². The average Bonchev–Trinajstić information content (AvgIpc) is 2.15. The Balaban J connectivity index is 3.14. The third-order valence-corrected chi connectivity index (χ3v) is 2.35. The van der Waals surface area contributed by atoms with Gasteiger partial charge in [-0.3, -0.25) is 0 Å². The predicted molar refractivity (Wildman–Crippen MR) is 57.5 cm³/mol. The first-order chi connectivity index (χ1) is 6.46. The van der Waals surface area contributed by atoms with Gasteiger partial charge in [-0.05, 0) is 17.0 Å². The molecule has 0 fully saturated rings. The number of nitrogens with two attached hydrogens (primary N) is 1. The number of hydrogen-bond acceptors (Lipinski definition) is 2. The van der Waals surface area contributed by atoms with Crippen LogP contribution < -0.4 is 5.73 Å². The predicted octanol–water partition coefficient (Wildman–Crippen LogP) is 2.60. The first kappa shape index (κ1) is 10.7. The van der Waals surface area contributed by atoms with Gasteiger partial charge in [0.25, 0.3) is 0 Å². The minimum atomic E-state index is -0.0988. The molecule has 2 N–H and O–H groups in total. The summed E-state index contributed by atoms with van der Waals surface area (Å²) in [5.41, 5.74) is 7.69. The summed E-state index contributed by atoms with van der Waals surface area (Å²) in [5, 5.41) is 8.93. The van der Waals surface area contributed by atoms with E-state index in [-0.39, 0.29) is 11.5 Å². The van der Waals surface area contributed by atoms with Crippen LogP contribution in [0.3, 0.4) is 0 Å². The summed E-state index contributed by atoms with van der Waals surface area (Å²) in [6.07, 6.45) is 0. The van der Waals surface area contributed by atoms with Crippen LogP contribution in [-0.2, 0) is 0 Å². The van der Waals surface area contributed by atoms with Gasteiger partial charge < -0.3 is 5.73 Å². The van der Waals surface area contributed by atoms with Crippen LogP contribution in [0, 0.1) is 16.7 Å². The Kier molecular flexibility index (Phi) is 2.93. The van der Waals surface area contributed by atoms with E-state index in [0.717, 1.165) is 5.56 Å². The molecule has 2 heteroatoms. The van der Waals surface area contributed by atoms with E-state index in [1.165, 1.54) is 0 Å². The smallest absolute Gasteiger partial charge is 0.0995 e. The second-order valence-corrected chi connectivity index (χ2v) is 4.54. The summed E-state index contributed by atoms with van der Waals surface area (Å²) in [4.78, 5) is 0. The highest BCUT2D eigenvalue weighted by atomic mass is 14.7. The van der Waals surface area contributed by atoms with Crippen LogP contribution in [0.2, 0.25) is 0 Å². The molecule has 1 rings (SSSR count). The summed E-state index contributed by atoms with van der Waals surface area (Å²) in [5.74, 6) is 0. The van der Waals surface area contributed by atoms with Crippen LogP contribution in [0.1, 0.15) is 37.9 Å². The summed E-state index contributed by atoms with van der Waals surface area (Å²) in [7, 11) is 0. The van der Waals surface area contributed by atoms with E-state index >= 15 is 0 Å². The summed E-state index contributed by atoms with van der Waals surface area (Å²) in [6.45, 7) is 6.23. The van der Waals surface area contributed by atoms with Crippen LogP contribution in [0.5, 0.6) is 0 Å². The van der Waals surface area contributed by atoms with Crippen molar-refractivity contribution in [2.45, 2.75) is 26.8 Å². The lowest BCUT2D eigenvalue weighted by atomic mass is 9.81. The van der Waals surface area contributed by atoms with Crippen molar-refractivity contribution in [3.8, 4) is 6.07 Å². The van der Waals surface area contributed by atoms with Crippen molar-refractivity contribution in [3.63, 3.8) is 0 Å². The lowest BCUT2D eigenvalue weighted by Crippen LogP contribution is -2.26. The van der Waals surface area contributed by atoms with Crippen LogP contribution in [0.25, 0.3) is 0 Å². The molecule has 0 aliphatic heterocycles. The highest BCUT2D eigenvalue weighted by Crippen LogP contribution is 2.31. The molecule has 1 aromatic carbocycles. The van der Waals surface area contributed by atoms with Gasteiger partial charge in [-0.1, -0.05) is 39.0 Å². The third-order valence-electron chi connectivity index (χ3n) is 2.35. The second-order valence-electron chi connectivity index (χ2n) is 4.54. The molecule has 0 amide bonds. The Morgan fingerprint density at radius 3 is 2.36 bits per heavy atom. The zero-order chi connectivity index (χ0) is 10.8. The van der Waals surface area contributed by atoms with E-state index in [9.17, 15) is 0 Å². The minimum absolute atomic E-state index is 0.0209. The molecule has 1 atom stereocenters. The second kappa shape index (κ2) is 3.81. The fraction of sp³-hybridized carbons (Fsp3) is 0.417. The molecule has 0 saturated carbocycles. The van der Waals surface area contributed by atoms with Crippen molar-refractivity contribution in [1.82, 2.24) is 0 Å². The molecule has 0 saturated heterocycles. The number of hydrogen-bond donors (Lipinski definition) is 1. The van der Waals surface area contributed by atoms with Gasteiger partial charge >= 0.3 is 0 Å². The van der Waals surface area contributed by atoms with Gasteiger partial charge in [0.2, 0.25) is 0 Å². The van der Waals surface area contributed by atoms with Crippen molar-refractivity contribution >= 4 is 0 Å². The van der Waals surface area contributed by atoms with Gasteiger partial charge in [0.05, 0.1) is 11.6 Å². The number of benzene rings is 1. The normalized spacial score (nSPS) is 13.4. The molecular formula is C12H16N2. The van der Waals surface area contributed by atoms with Crippen molar-refractivity contribution in [2.75, 3.05) is 0 Å². The van der Waals surface area contributed by atoms with Crippen LogP contribution in [0.4, 0.5) is 0 Å². The lowest BCUT2D eigenvalue weighted by Gasteiger charge is -2.27. The molecule has 0 heterocycles. The monoisotopic (exact) mass is 188 g/mol. The molecular weight excluding hydrogens is 172 g/mol. The molecule has 0 aromatic heterocycles. The van der Waals surface area contributed by atoms with Crippen molar-refractivity contribution in [3.05, 3.63) is 35.4 Å². The standard InChI is InChI=1S/C12H16N2/c1-12(2,3)11(14)10-7-5-4-6-9(10)8-13/h4-7,11H,14H2,1-3H3/t11-/m1/s1.